The average Bonchev–Trinajstić information content (AvgIpc) is 2.21. The van der Waals surface area contributed by atoms with E-state index in [1.54, 1.807) is 0 Å². The normalized spacial score (nSPS) is 22.0. The van der Waals surface area contributed by atoms with E-state index in [1.807, 2.05) is 0 Å². The van der Waals surface area contributed by atoms with E-state index in [0.29, 0.717) is 0 Å². The fourth-order valence-corrected chi connectivity index (χ4v) is 1.46. The summed E-state index contributed by atoms with van der Waals surface area (Å²) in [5.41, 5.74) is 0. The van der Waals surface area contributed by atoms with Crippen molar-refractivity contribution in [3.8, 4) is 0 Å². The Bertz CT molecular complexity index is 392. The maximum Gasteiger partial charge on any atom is 0.439 e. The van der Waals surface area contributed by atoms with Crippen LogP contribution in [0.3, 0.4) is 0 Å². The smallest absolute Gasteiger partial charge is 0.439 e. The predicted molar refractivity (Wildman–Crippen MR) is 53.2 cm³/mol. The molecule has 0 aromatic heterocycles. The van der Waals surface area contributed by atoms with Crippen LogP contribution in [-0.4, -0.2) is 44.9 Å². The van der Waals surface area contributed by atoms with Gasteiger partial charge in [0.25, 0.3) is 5.13 Å². The maximum atomic E-state index is 13.2. The molecule has 0 fully saturated rings. The lowest BCUT2D eigenvalue weighted by atomic mass is 9.92. The second-order valence-electron chi connectivity index (χ2n) is 3.92. The van der Waals surface area contributed by atoms with Gasteiger partial charge < -0.3 is 10.2 Å². The Kier molecular flexibility index (Phi) is 5.76. The van der Waals surface area contributed by atoms with Gasteiger partial charge in [0.2, 0.25) is 0 Å². The van der Waals surface area contributed by atoms with Crippen molar-refractivity contribution in [2.45, 2.75) is 35.1 Å². The molecule has 0 saturated carbocycles. The third kappa shape index (κ3) is 4.46. The van der Waals surface area contributed by atoms with E-state index < -0.39 is 47.0 Å². The Hall–Kier alpha value is -0.550. The SMILES string of the molecule is O=C(O)C(CC(F)(Cl)C(F)(F)F)C(O)C(F)(Cl)C(F)(F)F. The van der Waals surface area contributed by atoms with Gasteiger partial charge in [-0.3, -0.25) is 4.79 Å². The van der Waals surface area contributed by atoms with Crippen molar-refractivity contribution in [1.82, 2.24) is 0 Å². The van der Waals surface area contributed by atoms with Crippen molar-refractivity contribution in [2.75, 3.05) is 0 Å². The summed E-state index contributed by atoms with van der Waals surface area (Å²) in [7, 11) is 0. The third-order valence-electron chi connectivity index (χ3n) is 2.34. The van der Waals surface area contributed by atoms with Crippen LogP contribution in [0.1, 0.15) is 6.42 Å². The van der Waals surface area contributed by atoms with Gasteiger partial charge in [0.15, 0.2) is 0 Å². The van der Waals surface area contributed by atoms with Gasteiger partial charge in [-0.1, -0.05) is 23.2 Å². The fourth-order valence-electron chi connectivity index (χ4n) is 1.15. The van der Waals surface area contributed by atoms with E-state index in [0.717, 1.165) is 0 Å². The summed E-state index contributed by atoms with van der Waals surface area (Å²) >= 11 is 8.64. The molecule has 0 aliphatic heterocycles. The highest BCUT2D eigenvalue weighted by molar-refractivity contribution is 6.24. The van der Waals surface area contributed by atoms with Crippen LogP contribution in [0.25, 0.3) is 0 Å². The number of hydrogen-bond donors (Lipinski definition) is 2. The molecule has 0 aromatic rings. The molecule has 4 atom stereocenters. The zero-order valence-corrected chi connectivity index (χ0v) is 11.0. The van der Waals surface area contributed by atoms with Gasteiger partial charge in [0.05, 0.1) is 5.92 Å². The Morgan fingerprint density at radius 2 is 1.33 bits per heavy atom. The summed E-state index contributed by atoms with van der Waals surface area (Å²) in [5, 5.41) is 7.53. The lowest BCUT2D eigenvalue weighted by Gasteiger charge is -2.32. The fraction of sp³-hybridized carbons (Fsp3) is 0.875. The van der Waals surface area contributed by atoms with Crippen LogP contribution in [0.2, 0.25) is 0 Å². The van der Waals surface area contributed by atoms with Crippen molar-refractivity contribution in [3.05, 3.63) is 0 Å². The molecule has 0 heterocycles. The van der Waals surface area contributed by atoms with Crippen LogP contribution in [0, 0.1) is 5.92 Å². The number of aliphatic hydroxyl groups excluding tert-OH is 1. The minimum Gasteiger partial charge on any atom is -0.481 e. The lowest BCUT2D eigenvalue weighted by Crippen LogP contribution is -2.53. The predicted octanol–water partition coefficient (Wildman–Crippen LogP) is 3.37. The van der Waals surface area contributed by atoms with Gasteiger partial charge in [-0.2, -0.15) is 26.3 Å². The van der Waals surface area contributed by atoms with E-state index in [2.05, 4.69) is 23.2 Å². The van der Waals surface area contributed by atoms with Crippen molar-refractivity contribution in [2.24, 2.45) is 5.92 Å². The molecular formula is C8H6Cl2F8O3. The Labute approximate surface area is 121 Å². The molecule has 0 spiro atoms. The van der Waals surface area contributed by atoms with Gasteiger partial charge >= 0.3 is 23.4 Å². The minimum atomic E-state index is -6.02. The molecular weight excluding hydrogens is 367 g/mol. The second kappa shape index (κ2) is 5.92. The van der Waals surface area contributed by atoms with Crippen molar-refractivity contribution in [3.63, 3.8) is 0 Å². The molecule has 0 bridgehead atoms. The first-order chi connectivity index (χ1) is 8.95. The molecule has 21 heavy (non-hydrogen) atoms. The van der Waals surface area contributed by atoms with Gasteiger partial charge in [0, 0.05) is 6.42 Å². The Morgan fingerprint density at radius 3 is 1.57 bits per heavy atom. The molecule has 0 aliphatic carbocycles. The number of halogens is 10. The first-order valence-electron chi connectivity index (χ1n) is 4.75. The van der Waals surface area contributed by atoms with Crippen molar-refractivity contribution < 1.29 is 50.1 Å². The van der Waals surface area contributed by atoms with E-state index in [4.69, 9.17) is 10.2 Å². The summed E-state index contributed by atoms with van der Waals surface area (Å²) in [4.78, 5) is 10.6. The molecule has 0 aliphatic rings. The summed E-state index contributed by atoms with van der Waals surface area (Å²) in [6.45, 7) is 0. The number of aliphatic carboxylic acids is 1. The number of hydrogen-bond acceptors (Lipinski definition) is 2. The van der Waals surface area contributed by atoms with Crippen LogP contribution in [0.5, 0.6) is 0 Å². The van der Waals surface area contributed by atoms with Crippen LogP contribution >= 0.6 is 23.2 Å². The highest BCUT2D eigenvalue weighted by Gasteiger charge is 2.65. The van der Waals surface area contributed by atoms with Gasteiger partial charge in [-0.25, -0.2) is 8.78 Å². The zero-order chi connectivity index (χ0) is 17.4. The monoisotopic (exact) mass is 372 g/mol. The van der Waals surface area contributed by atoms with Crippen LogP contribution < -0.4 is 0 Å². The molecule has 0 aromatic carbocycles. The van der Waals surface area contributed by atoms with Crippen LogP contribution in [0.4, 0.5) is 35.1 Å². The lowest BCUT2D eigenvalue weighted by molar-refractivity contribution is -0.239. The number of carbonyl (C=O) groups is 1. The van der Waals surface area contributed by atoms with E-state index >= 15 is 0 Å². The first kappa shape index (κ1) is 20.5. The zero-order valence-electron chi connectivity index (χ0n) is 9.44. The Morgan fingerprint density at radius 1 is 0.952 bits per heavy atom. The molecule has 0 saturated heterocycles. The summed E-state index contributed by atoms with van der Waals surface area (Å²) in [6, 6.07) is 0. The largest absolute Gasteiger partial charge is 0.481 e. The number of alkyl halides is 10. The van der Waals surface area contributed by atoms with Crippen LogP contribution in [-0.2, 0) is 4.79 Å². The molecule has 3 nitrogen and oxygen atoms in total. The van der Waals surface area contributed by atoms with E-state index in [9.17, 15) is 39.9 Å². The van der Waals surface area contributed by atoms with E-state index in [-0.39, 0.29) is 0 Å². The highest BCUT2D eigenvalue weighted by atomic mass is 35.5. The molecule has 0 amide bonds. The maximum absolute atomic E-state index is 13.2. The quantitative estimate of drug-likeness (QED) is 0.574. The van der Waals surface area contributed by atoms with E-state index in [1.165, 1.54) is 0 Å². The summed E-state index contributed by atoms with van der Waals surface area (Å²) in [5.74, 6) is -5.76. The first-order valence-corrected chi connectivity index (χ1v) is 5.50. The molecule has 2 N–H and O–H groups in total. The molecule has 13 heteroatoms. The number of rotatable bonds is 5. The topological polar surface area (TPSA) is 57.5 Å². The number of carboxylic acids is 1. The number of carboxylic acid groups (broad SMARTS) is 1. The van der Waals surface area contributed by atoms with Crippen LogP contribution in [0.15, 0.2) is 0 Å². The Balaban J connectivity index is 5.51. The van der Waals surface area contributed by atoms with Gasteiger partial charge in [-0.05, 0) is 0 Å². The summed E-state index contributed by atoms with van der Waals surface area (Å²) in [6.07, 6.45) is -18.0. The molecule has 0 rings (SSSR count). The van der Waals surface area contributed by atoms with Gasteiger partial charge in [-0.15, -0.1) is 0 Å². The van der Waals surface area contributed by atoms with Crippen molar-refractivity contribution >= 4 is 29.2 Å². The average molecular weight is 373 g/mol. The molecule has 126 valence electrons. The second-order valence-corrected chi connectivity index (χ2v) is 5.07. The number of aliphatic hydroxyl groups is 1. The molecule has 0 radical (unpaired) electrons. The highest BCUT2D eigenvalue weighted by Crippen LogP contribution is 2.47. The third-order valence-corrected chi connectivity index (χ3v) is 3.15. The standard InChI is InChI=1S/C8H6Cl2F8O3/c9-5(11,7(13,14)15)1-2(4(20)21)3(19)6(10,12)8(16,17)18/h2-3,19H,1H2,(H,20,21). The molecule has 4 unspecified atom stereocenters. The van der Waals surface area contributed by atoms with Crippen molar-refractivity contribution in [1.29, 1.82) is 0 Å². The minimum absolute atomic E-state index is 2.39. The van der Waals surface area contributed by atoms with Gasteiger partial charge in [0.1, 0.15) is 6.10 Å². The summed E-state index contributed by atoms with van der Waals surface area (Å²) < 4.78 is 99.1.